The van der Waals surface area contributed by atoms with Gasteiger partial charge in [0.1, 0.15) is 0 Å². The molecule has 0 fully saturated rings. The van der Waals surface area contributed by atoms with Crippen molar-refractivity contribution < 1.29 is 19.4 Å². The monoisotopic (exact) mass is 154 g/mol. The van der Waals surface area contributed by atoms with E-state index in [2.05, 4.69) is 4.74 Å². The standard InChI is InChI=1S/C6H10O4.Li.H/c1-2-10-6(9)4-3-5(7)8;;/h2-4H2,1H3,(H,7,8);;. The van der Waals surface area contributed by atoms with Crippen molar-refractivity contribution in [3.63, 3.8) is 0 Å². The van der Waals surface area contributed by atoms with Crippen molar-refractivity contribution in [3.8, 4) is 0 Å². The first kappa shape index (κ1) is 13.2. The molecule has 11 heavy (non-hydrogen) atoms. The Hall–Kier alpha value is -0.463. The van der Waals surface area contributed by atoms with E-state index in [-0.39, 0.29) is 31.7 Å². The van der Waals surface area contributed by atoms with Crippen molar-refractivity contribution >= 4 is 30.8 Å². The Labute approximate surface area is 77.1 Å². The third kappa shape index (κ3) is 9.54. The first-order valence-electron chi connectivity index (χ1n) is 3.04. The fraction of sp³-hybridized carbons (Fsp3) is 0.667. The summed E-state index contributed by atoms with van der Waals surface area (Å²) in [4.78, 5) is 20.4. The summed E-state index contributed by atoms with van der Waals surface area (Å²) in [5, 5.41) is 8.12. The molecule has 0 unspecified atom stereocenters. The molecular formula is C6H11LiO4. The second-order valence-electron chi connectivity index (χ2n) is 1.70. The summed E-state index contributed by atoms with van der Waals surface area (Å²) in [6, 6.07) is 0. The fourth-order valence-electron chi connectivity index (χ4n) is 0.442. The molecule has 1 N–H and O–H groups in total. The molecule has 0 saturated carbocycles. The number of carbonyl (C=O) groups excluding carboxylic acids is 1. The number of ether oxygens (including phenoxy) is 1. The third-order valence-corrected chi connectivity index (χ3v) is 0.848. The topological polar surface area (TPSA) is 63.6 Å². The summed E-state index contributed by atoms with van der Waals surface area (Å²) in [6.45, 7) is 1.98. The summed E-state index contributed by atoms with van der Waals surface area (Å²) in [6.07, 6.45) is -0.192. The van der Waals surface area contributed by atoms with Gasteiger partial charge in [-0.05, 0) is 6.92 Å². The van der Waals surface area contributed by atoms with Gasteiger partial charge in [0.25, 0.3) is 0 Å². The van der Waals surface area contributed by atoms with E-state index in [1.165, 1.54) is 0 Å². The van der Waals surface area contributed by atoms with E-state index in [1.54, 1.807) is 6.92 Å². The van der Waals surface area contributed by atoms with Gasteiger partial charge < -0.3 is 9.84 Å². The number of carboxylic acid groups (broad SMARTS) is 1. The van der Waals surface area contributed by atoms with Crippen molar-refractivity contribution in [2.45, 2.75) is 19.8 Å². The van der Waals surface area contributed by atoms with Gasteiger partial charge in [-0.1, -0.05) is 0 Å². The molecule has 0 spiro atoms. The fourth-order valence-corrected chi connectivity index (χ4v) is 0.442. The van der Waals surface area contributed by atoms with E-state index in [4.69, 9.17) is 5.11 Å². The van der Waals surface area contributed by atoms with Crippen molar-refractivity contribution in [3.05, 3.63) is 0 Å². The molecule has 0 saturated heterocycles. The van der Waals surface area contributed by atoms with Crippen LogP contribution in [-0.2, 0) is 14.3 Å². The Morgan fingerprint density at radius 1 is 1.36 bits per heavy atom. The molecule has 0 rings (SSSR count). The number of esters is 1. The summed E-state index contributed by atoms with van der Waals surface area (Å²) < 4.78 is 4.49. The molecule has 0 aliphatic heterocycles. The maximum absolute atomic E-state index is 10.5. The molecule has 60 valence electrons. The summed E-state index contributed by atoms with van der Waals surface area (Å²) in [5.74, 6) is -1.43. The number of hydrogen-bond donors (Lipinski definition) is 1. The van der Waals surface area contributed by atoms with Crippen molar-refractivity contribution in [1.82, 2.24) is 0 Å². The van der Waals surface area contributed by atoms with E-state index in [0.29, 0.717) is 6.61 Å². The van der Waals surface area contributed by atoms with E-state index < -0.39 is 11.9 Å². The third-order valence-electron chi connectivity index (χ3n) is 0.848. The number of carbonyl (C=O) groups is 2. The van der Waals surface area contributed by atoms with Crippen LogP contribution in [0.15, 0.2) is 0 Å². The SMILES string of the molecule is CCOC(=O)CCC(=O)O.[LiH]. The van der Waals surface area contributed by atoms with E-state index in [1.807, 2.05) is 0 Å². The van der Waals surface area contributed by atoms with Crippen LogP contribution in [-0.4, -0.2) is 42.5 Å². The Morgan fingerprint density at radius 2 is 1.91 bits per heavy atom. The van der Waals surface area contributed by atoms with Gasteiger partial charge in [-0.2, -0.15) is 0 Å². The van der Waals surface area contributed by atoms with Crippen LogP contribution in [0.3, 0.4) is 0 Å². The summed E-state index contributed by atoms with van der Waals surface area (Å²) in [7, 11) is 0. The molecule has 0 atom stereocenters. The van der Waals surface area contributed by atoms with E-state index in [9.17, 15) is 9.59 Å². The molecule has 0 aliphatic carbocycles. The van der Waals surface area contributed by atoms with Gasteiger partial charge in [-0.15, -0.1) is 0 Å². The van der Waals surface area contributed by atoms with Crippen molar-refractivity contribution in [1.29, 1.82) is 0 Å². The molecule has 0 aromatic heterocycles. The van der Waals surface area contributed by atoms with Gasteiger partial charge in [0.05, 0.1) is 19.4 Å². The zero-order valence-electron chi connectivity index (χ0n) is 5.79. The van der Waals surface area contributed by atoms with Gasteiger partial charge in [-0.25, -0.2) is 0 Å². The predicted molar refractivity (Wildman–Crippen MR) is 40.7 cm³/mol. The molecule has 4 nitrogen and oxygen atoms in total. The second kappa shape index (κ2) is 7.64. The molecule has 0 aliphatic rings. The summed E-state index contributed by atoms with van der Waals surface area (Å²) in [5.41, 5.74) is 0. The number of hydrogen-bond acceptors (Lipinski definition) is 3. The quantitative estimate of drug-likeness (QED) is 0.448. The molecule has 5 heteroatoms. The molecule has 0 amide bonds. The molecule has 0 aromatic carbocycles. The van der Waals surface area contributed by atoms with Crippen molar-refractivity contribution in [2.24, 2.45) is 0 Å². The van der Waals surface area contributed by atoms with Crippen LogP contribution in [0.4, 0.5) is 0 Å². The minimum atomic E-state index is -0.979. The first-order chi connectivity index (χ1) is 4.66. The van der Waals surface area contributed by atoms with Gasteiger partial charge in [0.2, 0.25) is 0 Å². The Balaban J connectivity index is 0. The molecular weight excluding hydrogens is 143 g/mol. The average Bonchev–Trinajstić information content (AvgIpc) is 1.85. The van der Waals surface area contributed by atoms with Crippen LogP contribution in [0.1, 0.15) is 19.8 Å². The zero-order chi connectivity index (χ0) is 7.98. The molecule has 0 aromatic rings. The average molecular weight is 154 g/mol. The number of rotatable bonds is 4. The van der Waals surface area contributed by atoms with Crippen LogP contribution in [0.5, 0.6) is 0 Å². The maximum atomic E-state index is 10.5. The first-order valence-corrected chi connectivity index (χ1v) is 3.04. The molecule has 0 bridgehead atoms. The Kier molecular flexibility index (Phi) is 9.14. The number of aliphatic carboxylic acids is 1. The van der Waals surface area contributed by atoms with Crippen LogP contribution in [0.2, 0.25) is 0 Å². The number of carboxylic acids is 1. The zero-order valence-corrected chi connectivity index (χ0v) is 5.79. The molecule has 0 radical (unpaired) electrons. The van der Waals surface area contributed by atoms with E-state index >= 15 is 0 Å². The predicted octanol–water partition coefficient (Wildman–Crippen LogP) is -0.234. The van der Waals surface area contributed by atoms with Crippen molar-refractivity contribution in [2.75, 3.05) is 6.61 Å². The Bertz CT molecular complexity index is 135. The molecule has 0 heterocycles. The van der Waals surface area contributed by atoms with Gasteiger partial charge in [-0.3, -0.25) is 9.59 Å². The van der Waals surface area contributed by atoms with Crippen LogP contribution < -0.4 is 0 Å². The summed E-state index contributed by atoms with van der Waals surface area (Å²) >= 11 is 0. The van der Waals surface area contributed by atoms with Crippen LogP contribution >= 0.6 is 0 Å². The van der Waals surface area contributed by atoms with Gasteiger partial charge >= 0.3 is 30.8 Å². The van der Waals surface area contributed by atoms with E-state index in [0.717, 1.165) is 0 Å². The van der Waals surface area contributed by atoms with Gasteiger partial charge in [0, 0.05) is 0 Å². The normalized spacial score (nSPS) is 8.09. The van der Waals surface area contributed by atoms with Crippen LogP contribution in [0, 0.1) is 0 Å². The van der Waals surface area contributed by atoms with Crippen LogP contribution in [0.25, 0.3) is 0 Å². The Morgan fingerprint density at radius 3 is 2.27 bits per heavy atom. The minimum absolute atomic E-state index is 0. The second-order valence-corrected chi connectivity index (χ2v) is 1.70. The van der Waals surface area contributed by atoms with Gasteiger partial charge in [0.15, 0.2) is 0 Å².